The van der Waals surface area contributed by atoms with E-state index in [4.69, 9.17) is 0 Å². The van der Waals surface area contributed by atoms with Gasteiger partial charge in [-0.2, -0.15) is 0 Å². The van der Waals surface area contributed by atoms with Crippen LogP contribution in [0.15, 0.2) is 43.5 Å². The fourth-order valence-corrected chi connectivity index (χ4v) is 14.6. The third kappa shape index (κ3) is 1.28. The zero-order valence-corrected chi connectivity index (χ0v) is 17.6. The zero-order chi connectivity index (χ0) is 16.7. The first-order valence-corrected chi connectivity index (χ1v) is 12.0. The summed E-state index contributed by atoms with van der Waals surface area (Å²) in [5.41, 5.74) is 8.15. The first-order valence-electron chi connectivity index (χ1n) is 8.98. The minimum absolute atomic E-state index is 0.0211. The molecule has 2 heteroatoms. The lowest BCUT2D eigenvalue weighted by Gasteiger charge is -2.42. The summed E-state index contributed by atoms with van der Waals surface area (Å²) in [6.45, 7) is 20.0. The molecule has 4 atom stereocenters. The molecule has 1 aliphatic carbocycles. The lowest BCUT2D eigenvalue weighted by Crippen LogP contribution is -2.35. The van der Waals surface area contributed by atoms with E-state index in [2.05, 4.69) is 55.4 Å². The van der Waals surface area contributed by atoms with Crippen molar-refractivity contribution in [3.63, 3.8) is 0 Å². The topological polar surface area (TPSA) is 0 Å². The van der Waals surface area contributed by atoms with E-state index in [1.165, 1.54) is 12.3 Å². The Morgan fingerprint density at radius 2 is 1.00 bits per heavy atom. The molecule has 0 aromatic carbocycles. The molecular formula is C21H28P2. The average molecular weight is 342 g/mol. The number of allylic oxidation sites excluding steroid dienone is 8. The first-order chi connectivity index (χ1) is 10.6. The molecule has 0 spiro atoms. The molecule has 4 aliphatic heterocycles. The minimum atomic E-state index is -0.0211. The van der Waals surface area contributed by atoms with Crippen molar-refractivity contribution in [3.8, 4) is 0 Å². The van der Waals surface area contributed by atoms with E-state index >= 15 is 0 Å². The van der Waals surface area contributed by atoms with Crippen molar-refractivity contribution in [2.75, 3.05) is 12.3 Å². The second-order valence-corrected chi connectivity index (χ2v) is 13.9. The molecule has 0 saturated heterocycles. The monoisotopic (exact) mass is 342 g/mol. The van der Waals surface area contributed by atoms with E-state index < -0.39 is 0 Å². The van der Waals surface area contributed by atoms with Crippen molar-refractivity contribution in [3.05, 3.63) is 43.5 Å². The minimum Gasteiger partial charge on any atom is -0.0592 e. The lowest BCUT2D eigenvalue weighted by atomic mass is 9.60. The van der Waals surface area contributed by atoms with E-state index in [9.17, 15) is 0 Å². The zero-order valence-electron chi connectivity index (χ0n) is 15.8. The average Bonchev–Trinajstić information content (AvgIpc) is 3.14. The van der Waals surface area contributed by atoms with E-state index in [-0.39, 0.29) is 21.3 Å². The smallest absolute Gasteiger partial charge is 0.0159 e. The molecule has 0 N–H and O–H groups in total. The van der Waals surface area contributed by atoms with Gasteiger partial charge in [0.15, 0.2) is 0 Å². The third-order valence-electron chi connectivity index (χ3n) is 8.09. The van der Waals surface area contributed by atoms with Gasteiger partial charge in [0.1, 0.15) is 0 Å². The normalized spacial score (nSPS) is 45.9. The molecule has 4 heterocycles. The molecule has 0 unspecified atom stereocenters. The summed E-state index contributed by atoms with van der Waals surface area (Å²) in [4.78, 5) is 0. The summed E-state index contributed by atoms with van der Waals surface area (Å²) < 4.78 is 0. The van der Waals surface area contributed by atoms with Gasteiger partial charge in [-0.3, -0.25) is 0 Å². The number of hydrogen-bond donors (Lipinski definition) is 0. The SMILES string of the molecule is CC1=C(C)[C@]2(C)C[P@@]1C1=C2C(C)(C)C2=C1[P@]1C[C@@]2(C)C(C)=C1C. The molecule has 0 radical (unpaired) electrons. The molecule has 0 aromatic heterocycles. The number of hydrogen-bond acceptors (Lipinski definition) is 0. The van der Waals surface area contributed by atoms with Crippen LogP contribution in [0.25, 0.3) is 0 Å². The van der Waals surface area contributed by atoms with Crippen LogP contribution in [0.4, 0.5) is 0 Å². The molecule has 122 valence electrons. The molecule has 5 rings (SSSR count). The Hall–Kier alpha value is -0.180. The van der Waals surface area contributed by atoms with Crippen molar-refractivity contribution < 1.29 is 0 Å². The van der Waals surface area contributed by atoms with Crippen molar-refractivity contribution in [1.29, 1.82) is 0 Å². The Morgan fingerprint density at radius 1 is 0.652 bits per heavy atom. The Kier molecular flexibility index (Phi) is 2.50. The largest absolute Gasteiger partial charge is 0.0592 e. The first kappa shape index (κ1) is 15.1. The highest BCUT2D eigenvalue weighted by atomic mass is 31.1. The predicted octanol–water partition coefficient (Wildman–Crippen LogP) is 7.15. The fourth-order valence-electron chi connectivity index (χ4n) is 6.72. The van der Waals surface area contributed by atoms with Gasteiger partial charge < -0.3 is 0 Å². The van der Waals surface area contributed by atoms with Crippen molar-refractivity contribution in [2.24, 2.45) is 16.2 Å². The summed E-state index contributed by atoms with van der Waals surface area (Å²) in [5.74, 6) is 0. The van der Waals surface area contributed by atoms with E-state index in [0.29, 0.717) is 10.8 Å². The maximum atomic E-state index is 2.56. The second kappa shape index (κ2) is 3.81. The second-order valence-electron chi connectivity index (χ2n) is 9.33. The molecule has 4 bridgehead atoms. The van der Waals surface area contributed by atoms with Crippen molar-refractivity contribution in [2.45, 2.75) is 55.4 Å². The summed E-state index contributed by atoms with van der Waals surface area (Å²) in [5, 5.41) is 7.31. The standard InChI is InChI=1S/C21H28P2/c1-11-13(3)22-9-20(11,7)17-15(22)16-18(19(17,5)6)21(8)10-23(16)14(4)12(21)2/h9-10H2,1-8H3/t20-,21-,22+,23+/m0/s1. The predicted molar refractivity (Wildman–Crippen MR) is 104 cm³/mol. The molecular weight excluding hydrogens is 314 g/mol. The van der Waals surface area contributed by atoms with Crippen LogP contribution >= 0.6 is 15.8 Å². The molecule has 0 aromatic rings. The van der Waals surface area contributed by atoms with Crippen molar-refractivity contribution in [1.82, 2.24) is 0 Å². The number of rotatable bonds is 0. The molecule has 0 nitrogen and oxygen atoms in total. The summed E-state index contributed by atoms with van der Waals surface area (Å²) in [6, 6.07) is 0. The van der Waals surface area contributed by atoms with Crippen LogP contribution < -0.4 is 0 Å². The van der Waals surface area contributed by atoms with Gasteiger partial charge in [0.2, 0.25) is 0 Å². The van der Waals surface area contributed by atoms with Gasteiger partial charge in [-0.15, -0.1) is 0 Å². The maximum Gasteiger partial charge on any atom is 0.0159 e. The maximum absolute atomic E-state index is 2.56. The van der Waals surface area contributed by atoms with E-state index in [0.717, 1.165) is 0 Å². The van der Waals surface area contributed by atoms with Gasteiger partial charge in [-0.25, -0.2) is 0 Å². The van der Waals surface area contributed by atoms with Gasteiger partial charge in [-0.05, 0) is 88.3 Å². The van der Waals surface area contributed by atoms with Crippen LogP contribution in [-0.2, 0) is 0 Å². The Morgan fingerprint density at radius 3 is 1.35 bits per heavy atom. The molecule has 0 fully saturated rings. The quantitative estimate of drug-likeness (QED) is 0.410. The van der Waals surface area contributed by atoms with E-state index in [1.807, 2.05) is 21.8 Å². The highest BCUT2D eigenvalue weighted by Crippen LogP contribution is 2.89. The van der Waals surface area contributed by atoms with Crippen molar-refractivity contribution >= 4 is 15.8 Å². The molecule has 0 saturated carbocycles. The Bertz CT molecular complexity index is 764. The fraction of sp³-hybridized carbons (Fsp3) is 0.619. The molecule has 23 heavy (non-hydrogen) atoms. The third-order valence-corrected chi connectivity index (χ3v) is 14.4. The lowest BCUT2D eigenvalue weighted by molar-refractivity contribution is 0.362. The summed E-state index contributed by atoms with van der Waals surface area (Å²) in [6.07, 6.45) is 2.85. The van der Waals surface area contributed by atoms with Crippen LogP contribution in [0.3, 0.4) is 0 Å². The van der Waals surface area contributed by atoms with Crippen LogP contribution in [0.2, 0.25) is 0 Å². The number of fused-ring (bicyclic) bond motifs is 9. The van der Waals surface area contributed by atoms with Crippen LogP contribution in [0, 0.1) is 16.2 Å². The van der Waals surface area contributed by atoms with Gasteiger partial charge in [0, 0.05) is 16.2 Å². The molecule has 0 amide bonds. The van der Waals surface area contributed by atoms with Gasteiger partial charge in [0.25, 0.3) is 0 Å². The highest BCUT2D eigenvalue weighted by Gasteiger charge is 2.66. The Balaban J connectivity index is 1.80. The Labute approximate surface area is 143 Å². The summed E-state index contributed by atoms with van der Waals surface area (Å²) >= 11 is 0. The molecule has 5 aliphatic rings. The van der Waals surface area contributed by atoms with Crippen LogP contribution in [0.1, 0.15) is 55.4 Å². The van der Waals surface area contributed by atoms with Gasteiger partial charge in [-0.1, -0.05) is 38.8 Å². The van der Waals surface area contributed by atoms with Gasteiger partial charge >= 0.3 is 0 Å². The highest BCUT2D eigenvalue weighted by molar-refractivity contribution is 7.73. The van der Waals surface area contributed by atoms with E-state index in [1.54, 1.807) is 21.8 Å². The van der Waals surface area contributed by atoms with Crippen LogP contribution in [-0.4, -0.2) is 12.3 Å². The van der Waals surface area contributed by atoms with Gasteiger partial charge in [0.05, 0.1) is 0 Å². The van der Waals surface area contributed by atoms with Crippen LogP contribution in [0.5, 0.6) is 0 Å². The summed E-state index contributed by atoms with van der Waals surface area (Å²) in [7, 11) is -0.0422.